The van der Waals surface area contributed by atoms with Gasteiger partial charge in [0.2, 0.25) is 0 Å². The first kappa shape index (κ1) is 14.7. The second kappa shape index (κ2) is 6.23. The smallest absolute Gasteiger partial charge is 0.261 e. The van der Waals surface area contributed by atoms with Crippen LogP contribution >= 0.6 is 11.8 Å². The molecule has 0 atom stereocenters. The maximum atomic E-state index is 12.2. The zero-order valence-electron chi connectivity index (χ0n) is 12.0. The molecule has 0 spiro atoms. The second-order valence-corrected chi connectivity index (χ2v) is 6.21. The van der Waals surface area contributed by atoms with Crippen LogP contribution in [0.4, 0.5) is 5.69 Å². The molecule has 112 valence electrons. The number of nitrogen functional groups attached to an aromatic ring is 1. The molecule has 4 nitrogen and oxygen atoms in total. The molecule has 3 rings (SSSR count). The van der Waals surface area contributed by atoms with Crippen molar-refractivity contribution in [2.75, 3.05) is 18.0 Å². The van der Waals surface area contributed by atoms with E-state index in [1.165, 1.54) is 10.5 Å². The zero-order chi connectivity index (χ0) is 15.5. The molecule has 2 aromatic rings. The Morgan fingerprint density at radius 2 is 1.50 bits per heavy atom. The molecule has 0 saturated carbocycles. The van der Waals surface area contributed by atoms with E-state index in [0.717, 1.165) is 17.2 Å². The lowest BCUT2D eigenvalue weighted by molar-refractivity contribution is 0.0664. The van der Waals surface area contributed by atoms with Gasteiger partial charge in [-0.2, -0.15) is 11.8 Å². The lowest BCUT2D eigenvalue weighted by atomic mass is 10.1. The highest BCUT2D eigenvalue weighted by atomic mass is 32.2. The van der Waals surface area contributed by atoms with Crippen molar-refractivity contribution < 1.29 is 9.59 Å². The van der Waals surface area contributed by atoms with E-state index in [1.54, 1.807) is 36.0 Å². The van der Waals surface area contributed by atoms with Crippen molar-refractivity contribution in [3.8, 4) is 0 Å². The summed E-state index contributed by atoms with van der Waals surface area (Å²) in [5.74, 6) is 1.18. The van der Waals surface area contributed by atoms with Gasteiger partial charge in [-0.25, -0.2) is 0 Å². The number of thioether (sulfide) groups is 1. The van der Waals surface area contributed by atoms with Crippen molar-refractivity contribution in [3.05, 3.63) is 65.2 Å². The van der Waals surface area contributed by atoms with Crippen LogP contribution in [0.1, 0.15) is 26.3 Å². The minimum absolute atomic E-state index is 0.186. The van der Waals surface area contributed by atoms with Gasteiger partial charge in [-0.3, -0.25) is 14.5 Å². The number of nitrogens with two attached hydrogens (primary N) is 1. The number of nitrogens with zero attached hydrogens (tertiary/aromatic N) is 1. The molecule has 0 radical (unpaired) electrons. The second-order valence-electron chi connectivity index (χ2n) is 5.10. The molecule has 0 fully saturated rings. The predicted molar refractivity (Wildman–Crippen MR) is 88.8 cm³/mol. The van der Waals surface area contributed by atoms with E-state index in [2.05, 4.69) is 0 Å². The lowest BCUT2D eigenvalue weighted by Crippen LogP contribution is -2.31. The molecule has 2 N–H and O–H groups in total. The predicted octanol–water partition coefficient (Wildman–Crippen LogP) is 2.80. The molecular weight excluding hydrogens is 296 g/mol. The molecule has 22 heavy (non-hydrogen) atoms. The molecule has 0 bridgehead atoms. The number of carbonyl (C=O) groups excluding carboxylic acids is 2. The number of carbonyl (C=O) groups is 2. The van der Waals surface area contributed by atoms with Crippen molar-refractivity contribution in [2.45, 2.75) is 5.75 Å². The summed E-state index contributed by atoms with van der Waals surface area (Å²) >= 11 is 1.69. The molecule has 0 saturated heterocycles. The van der Waals surface area contributed by atoms with Gasteiger partial charge < -0.3 is 5.73 Å². The minimum Gasteiger partial charge on any atom is -0.399 e. The summed E-state index contributed by atoms with van der Waals surface area (Å²) < 4.78 is 0. The number of imide groups is 1. The van der Waals surface area contributed by atoms with E-state index in [1.807, 2.05) is 24.3 Å². The fraction of sp³-hybridized carbons (Fsp3) is 0.176. The number of amides is 2. The number of anilines is 1. The largest absolute Gasteiger partial charge is 0.399 e. The van der Waals surface area contributed by atoms with E-state index in [4.69, 9.17) is 5.73 Å². The summed E-state index contributed by atoms with van der Waals surface area (Å²) in [6.07, 6.45) is 0. The Bertz CT molecular complexity index is 678. The molecule has 0 aliphatic carbocycles. The third kappa shape index (κ3) is 2.85. The van der Waals surface area contributed by atoms with Crippen LogP contribution < -0.4 is 5.73 Å². The Labute approximate surface area is 133 Å². The molecule has 0 aromatic heterocycles. The SMILES string of the molecule is Nc1ccc(CSCCN2C(=O)c3ccccc3C2=O)cc1. The van der Waals surface area contributed by atoms with Gasteiger partial charge in [-0.15, -0.1) is 0 Å². The van der Waals surface area contributed by atoms with Gasteiger partial charge in [0.25, 0.3) is 11.8 Å². The molecule has 0 unspecified atom stereocenters. The van der Waals surface area contributed by atoms with Crippen LogP contribution in [-0.2, 0) is 5.75 Å². The Balaban J connectivity index is 1.54. The van der Waals surface area contributed by atoms with Crippen LogP contribution in [0.25, 0.3) is 0 Å². The fourth-order valence-corrected chi connectivity index (χ4v) is 3.29. The van der Waals surface area contributed by atoms with Crippen molar-refractivity contribution in [3.63, 3.8) is 0 Å². The molecule has 5 heteroatoms. The highest BCUT2D eigenvalue weighted by Gasteiger charge is 2.34. The van der Waals surface area contributed by atoms with E-state index in [-0.39, 0.29) is 11.8 Å². The fourth-order valence-electron chi connectivity index (χ4n) is 2.40. The van der Waals surface area contributed by atoms with Crippen LogP contribution in [-0.4, -0.2) is 29.0 Å². The molecule has 2 aromatic carbocycles. The minimum atomic E-state index is -0.186. The number of hydrogen-bond acceptors (Lipinski definition) is 4. The maximum Gasteiger partial charge on any atom is 0.261 e. The molecule has 2 amide bonds. The summed E-state index contributed by atoms with van der Waals surface area (Å²) in [7, 11) is 0. The van der Waals surface area contributed by atoms with E-state index < -0.39 is 0 Å². The van der Waals surface area contributed by atoms with Crippen LogP contribution in [0.15, 0.2) is 48.5 Å². The summed E-state index contributed by atoms with van der Waals surface area (Å²) in [4.78, 5) is 25.7. The standard InChI is InChI=1S/C17H16N2O2S/c18-13-7-5-12(6-8-13)11-22-10-9-19-16(20)14-3-1-2-4-15(14)17(19)21/h1-8H,9-11,18H2. The zero-order valence-corrected chi connectivity index (χ0v) is 12.8. The summed E-state index contributed by atoms with van der Waals surface area (Å²) in [6.45, 7) is 0.436. The highest BCUT2D eigenvalue weighted by molar-refractivity contribution is 7.98. The monoisotopic (exact) mass is 312 g/mol. The van der Waals surface area contributed by atoms with Gasteiger partial charge in [0, 0.05) is 23.7 Å². The van der Waals surface area contributed by atoms with Crippen molar-refractivity contribution >= 4 is 29.3 Å². The molecule has 1 aliphatic rings. The van der Waals surface area contributed by atoms with Gasteiger partial charge in [-0.05, 0) is 29.8 Å². The van der Waals surface area contributed by atoms with Crippen LogP contribution in [0.2, 0.25) is 0 Å². The molecule has 1 aliphatic heterocycles. The van der Waals surface area contributed by atoms with Crippen molar-refractivity contribution in [1.82, 2.24) is 4.90 Å². The van der Waals surface area contributed by atoms with Gasteiger partial charge in [0.05, 0.1) is 11.1 Å². The van der Waals surface area contributed by atoms with E-state index >= 15 is 0 Å². The van der Waals surface area contributed by atoms with Crippen LogP contribution in [0.3, 0.4) is 0 Å². The number of hydrogen-bond donors (Lipinski definition) is 1. The number of benzene rings is 2. The van der Waals surface area contributed by atoms with Gasteiger partial charge in [0.1, 0.15) is 0 Å². The van der Waals surface area contributed by atoms with Crippen molar-refractivity contribution in [1.29, 1.82) is 0 Å². The average molecular weight is 312 g/mol. The Morgan fingerprint density at radius 3 is 2.09 bits per heavy atom. The lowest BCUT2D eigenvalue weighted by Gasteiger charge is -2.13. The average Bonchev–Trinajstić information content (AvgIpc) is 2.78. The van der Waals surface area contributed by atoms with E-state index in [9.17, 15) is 9.59 Å². The molecule has 1 heterocycles. The first-order valence-corrected chi connectivity index (χ1v) is 8.19. The van der Waals surface area contributed by atoms with Gasteiger partial charge >= 0.3 is 0 Å². The normalized spacial score (nSPS) is 13.5. The third-order valence-corrected chi connectivity index (χ3v) is 4.59. The van der Waals surface area contributed by atoms with E-state index in [0.29, 0.717) is 17.7 Å². The van der Waals surface area contributed by atoms with Crippen LogP contribution in [0, 0.1) is 0 Å². The summed E-state index contributed by atoms with van der Waals surface area (Å²) in [6, 6.07) is 14.7. The van der Waals surface area contributed by atoms with Gasteiger partial charge in [-0.1, -0.05) is 24.3 Å². The Morgan fingerprint density at radius 1 is 0.909 bits per heavy atom. The van der Waals surface area contributed by atoms with Crippen molar-refractivity contribution in [2.24, 2.45) is 0 Å². The Kier molecular flexibility index (Phi) is 4.15. The highest BCUT2D eigenvalue weighted by Crippen LogP contribution is 2.23. The summed E-state index contributed by atoms with van der Waals surface area (Å²) in [5.41, 5.74) is 8.60. The number of rotatable bonds is 5. The first-order valence-electron chi connectivity index (χ1n) is 7.04. The number of fused-ring (bicyclic) bond motifs is 1. The molecular formula is C17H16N2O2S. The third-order valence-electron chi connectivity index (χ3n) is 3.59. The van der Waals surface area contributed by atoms with Gasteiger partial charge in [0.15, 0.2) is 0 Å². The maximum absolute atomic E-state index is 12.2. The Hall–Kier alpha value is -2.27. The quantitative estimate of drug-likeness (QED) is 0.524. The first-order chi connectivity index (χ1) is 10.7. The van der Waals surface area contributed by atoms with Crippen LogP contribution in [0.5, 0.6) is 0 Å². The topological polar surface area (TPSA) is 63.4 Å². The summed E-state index contributed by atoms with van der Waals surface area (Å²) in [5, 5.41) is 0.